The van der Waals surface area contributed by atoms with Crippen LogP contribution in [0.25, 0.3) is 0 Å². The highest BCUT2D eigenvalue weighted by molar-refractivity contribution is 6.99. The fourth-order valence-corrected chi connectivity index (χ4v) is 8.50. The van der Waals surface area contributed by atoms with Gasteiger partial charge in [-0.15, -0.1) is 0 Å². The topological polar surface area (TPSA) is 29.5 Å². The Balaban J connectivity index is 1.93. The molecule has 0 saturated heterocycles. The third kappa shape index (κ3) is 4.69. The lowest BCUT2D eigenvalue weighted by Gasteiger charge is -2.43. The Morgan fingerprint density at radius 3 is 1.76 bits per heavy atom. The van der Waals surface area contributed by atoms with Crippen molar-refractivity contribution < 1.29 is 9.53 Å². The van der Waals surface area contributed by atoms with E-state index in [1.807, 2.05) is 12.1 Å². The summed E-state index contributed by atoms with van der Waals surface area (Å²) in [4.78, 5) is 0. The number of aromatic hydroxyl groups is 1. The van der Waals surface area contributed by atoms with E-state index in [1.165, 1.54) is 10.4 Å². The van der Waals surface area contributed by atoms with Crippen molar-refractivity contribution >= 4 is 18.7 Å². The largest absolute Gasteiger partial charge is 0.508 e. The fourth-order valence-electron chi connectivity index (χ4n) is 3.93. The second-order valence-electron chi connectivity index (χ2n) is 8.55. The lowest BCUT2D eigenvalue weighted by molar-refractivity contribution is 0.327. The Morgan fingerprint density at radius 1 is 0.828 bits per heavy atom. The average Bonchev–Trinajstić information content (AvgIpc) is 2.71. The summed E-state index contributed by atoms with van der Waals surface area (Å²) in [6.45, 7) is 11.6. The molecule has 3 aromatic carbocycles. The Hall–Kier alpha value is -2.62. The van der Waals surface area contributed by atoms with Crippen LogP contribution in [0.1, 0.15) is 26.3 Å². The number of hydrogen-bond donors (Lipinski definition) is 1. The van der Waals surface area contributed by atoms with Gasteiger partial charge in [-0.1, -0.05) is 100 Å². The molecular weight excluding hydrogens is 372 g/mol. The second-order valence-corrected chi connectivity index (χ2v) is 12.9. The van der Waals surface area contributed by atoms with Crippen LogP contribution in [-0.4, -0.2) is 20.0 Å². The first-order chi connectivity index (χ1) is 13.8. The van der Waals surface area contributed by atoms with Gasteiger partial charge in [0.15, 0.2) is 0 Å². The maximum atomic E-state index is 9.50. The first-order valence-corrected chi connectivity index (χ1v) is 11.9. The molecular formula is C26H30O2Si. The van der Waals surface area contributed by atoms with E-state index in [2.05, 4.69) is 88.0 Å². The molecule has 0 amide bonds. The van der Waals surface area contributed by atoms with Crippen LogP contribution in [-0.2, 0) is 10.8 Å². The molecule has 0 spiro atoms. The Kier molecular flexibility index (Phi) is 6.41. The summed E-state index contributed by atoms with van der Waals surface area (Å²) >= 11 is 0. The van der Waals surface area contributed by atoms with Crippen molar-refractivity contribution in [1.82, 2.24) is 0 Å². The van der Waals surface area contributed by atoms with Crippen LogP contribution >= 0.6 is 0 Å². The minimum absolute atomic E-state index is 0.0471. The van der Waals surface area contributed by atoms with Crippen LogP contribution in [0.2, 0.25) is 5.04 Å². The van der Waals surface area contributed by atoms with Crippen LogP contribution in [0.5, 0.6) is 5.75 Å². The van der Waals surface area contributed by atoms with Gasteiger partial charge in [0.25, 0.3) is 8.32 Å². The molecule has 0 radical (unpaired) electrons. The van der Waals surface area contributed by atoms with Gasteiger partial charge in [0.2, 0.25) is 0 Å². The smallest absolute Gasteiger partial charge is 0.261 e. The zero-order valence-electron chi connectivity index (χ0n) is 17.6. The third-order valence-electron chi connectivity index (χ3n) is 5.30. The van der Waals surface area contributed by atoms with Crippen LogP contribution in [0.4, 0.5) is 0 Å². The quantitative estimate of drug-likeness (QED) is 0.442. The molecule has 0 bridgehead atoms. The molecule has 0 aromatic heterocycles. The van der Waals surface area contributed by atoms with Crippen molar-refractivity contribution in [2.75, 3.05) is 6.61 Å². The summed E-state index contributed by atoms with van der Waals surface area (Å²) in [5.41, 5.74) is 2.16. The molecule has 2 nitrogen and oxygen atoms in total. The van der Waals surface area contributed by atoms with Gasteiger partial charge in [-0.25, -0.2) is 0 Å². The molecule has 150 valence electrons. The maximum absolute atomic E-state index is 9.50. The number of rotatable bonds is 7. The standard InChI is InChI=1S/C26H30O2Si/c1-21(19-22-15-17-23(27)18-16-22)20-28-29(26(2,3)4,24-11-7-5-8-12-24)25-13-9-6-10-14-25/h5-18,27H,1,19-20H2,2-4H3. The molecule has 0 fully saturated rings. The van der Waals surface area contributed by atoms with Gasteiger partial charge in [0.05, 0.1) is 6.61 Å². The van der Waals surface area contributed by atoms with Crippen LogP contribution in [0.3, 0.4) is 0 Å². The molecule has 0 aliphatic carbocycles. The average molecular weight is 403 g/mol. The number of phenols is 1. The van der Waals surface area contributed by atoms with Gasteiger partial charge in [0.1, 0.15) is 5.75 Å². The van der Waals surface area contributed by atoms with E-state index < -0.39 is 8.32 Å². The first-order valence-electron chi connectivity index (χ1n) is 10.0. The van der Waals surface area contributed by atoms with E-state index >= 15 is 0 Å². The highest BCUT2D eigenvalue weighted by atomic mass is 28.4. The lowest BCUT2D eigenvalue weighted by Crippen LogP contribution is -2.66. The minimum Gasteiger partial charge on any atom is -0.508 e. The molecule has 0 unspecified atom stereocenters. The Morgan fingerprint density at radius 2 is 1.31 bits per heavy atom. The summed E-state index contributed by atoms with van der Waals surface area (Å²) < 4.78 is 6.91. The molecule has 0 aliphatic heterocycles. The summed E-state index contributed by atoms with van der Waals surface area (Å²) in [6, 6.07) is 28.6. The van der Waals surface area contributed by atoms with Gasteiger partial charge >= 0.3 is 0 Å². The van der Waals surface area contributed by atoms with E-state index in [9.17, 15) is 5.11 Å². The third-order valence-corrected chi connectivity index (χ3v) is 10.3. The summed E-state index contributed by atoms with van der Waals surface area (Å²) in [5.74, 6) is 0.280. The molecule has 0 aliphatic rings. The Labute approximate surface area is 175 Å². The van der Waals surface area contributed by atoms with Crippen molar-refractivity contribution in [2.24, 2.45) is 0 Å². The van der Waals surface area contributed by atoms with Crippen LogP contribution in [0, 0.1) is 0 Å². The monoisotopic (exact) mass is 402 g/mol. The summed E-state index contributed by atoms with van der Waals surface area (Å²) in [7, 11) is -2.54. The van der Waals surface area contributed by atoms with E-state index in [4.69, 9.17) is 4.43 Å². The van der Waals surface area contributed by atoms with Gasteiger partial charge < -0.3 is 9.53 Å². The van der Waals surface area contributed by atoms with E-state index in [1.54, 1.807) is 12.1 Å². The zero-order chi connectivity index (χ0) is 20.9. The summed E-state index contributed by atoms with van der Waals surface area (Å²) in [5, 5.41) is 12.0. The molecule has 0 atom stereocenters. The van der Waals surface area contributed by atoms with Crippen LogP contribution < -0.4 is 10.4 Å². The molecule has 3 aromatic rings. The van der Waals surface area contributed by atoms with E-state index in [0.29, 0.717) is 6.61 Å². The molecule has 0 heterocycles. The van der Waals surface area contributed by atoms with Gasteiger partial charge in [-0.3, -0.25) is 0 Å². The molecule has 0 saturated carbocycles. The van der Waals surface area contributed by atoms with Crippen molar-refractivity contribution in [1.29, 1.82) is 0 Å². The Bertz CT molecular complexity index is 886. The SMILES string of the molecule is C=C(CO[Si](c1ccccc1)(c1ccccc1)C(C)(C)C)Cc1ccc(O)cc1. The maximum Gasteiger partial charge on any atom is 0.261 e. The molecule has 29 heavy (non-hydrogen) atoms. The van der Waals surface area contributed by atoms with Crippen molar-refractivity contribution in [2.45, 2.75) is 32.2 Å². The number of phenolic OH excluding ortho intramolecular Hbond substituents is 1. The normalized spacial score (nSPS) is 12.0. The zero-order valence-corrected chi connectivity index (χ0v) is 18.6. The highest BCUT2D eigenvalue weighted by Crippen LogP contribution is 2.37. The predicted octanol–water partition coefficient (Wildman–Crippen LogP) is 5.07. The second kappa shape index (κ2) is 8.81. The number of hydrogen-bond acceptors (Lipinski definition) is 2. The van der Waals surface area contributed by atoms with Gasteiger partial charge in [-0.05, 0) is 45.1 Å². The highest BCUT2D eigenvalue weighted by Gasteiger charge is 2.50. The predicted molar refractivity (Wildman–Crippen MR) is 125 cm³/mol. The summed E-state index contributed by atoms with van der Waals surface area (Å²) in [6.07, 6.45) is 0.735. The minimum atomic E-state index is -2.54. The molecule has 3 rings (SSSR count). The fraction of sp³-hybridized carbons (Fsp3) is 0.231. The van der Waals surface area contributed by atoms with Crippen molar-refractivity contribution in [3.8, 4) is 5.75 Å². The van der Waals surface area contributed by atoms with Gasteiger partial charge in [-0.2, -0.15) is 0 Å². The van der Waals surface area contributed by atoms with Crippen LogP contribution in [0.15, 0.2) is 97.1 Å². The van der Waals surface area contributed by atoms with E-state index in [-0.39, 0.29) is 10.8 Å². The van der Waals surface area contributed by atoms with E-state index in [0.717, 1.165) is 17.6 Å². The van der Waals surface area contributed by atoms with Crippen molar-refractivity contribution in [3.05, 3.63) is 103 Å². The lowest BCUT2D eigenvalue weighted by atomic mass is 10.1. The van der Waals surface area contributed by atoms with Crippen molar-refractivity contribution in [3.63, 3.8) is 0 Å². The molecule has 1 N–H and O–H groups in total. The number of benzene rings is 3. The first kappa shape index (κ1) is 21.1. The molecule has 3 heteroatoms. The van der Waals surface area contributed by atoms with Gasteiger partial charge in [0, 0.05) is 0 Å².